The van der Waals surface area contributed by atoms with Crippen LogP contribution in [0.5, 0.6) is 0 Å². The van der Waals surface area contributed by atoms with Crippen molar-refractivity contribution in [3.8, 4) is 11.1 Å². The van der Waals surface area contributed by atoms with Crippen LogP contribution in [0.25, 0.3) is 11.1 Å². The molecule has 2 aliphatic carbocycles. The van der Waals surface area contributed by atoms with Crippen LogP contribution >= 0.6 is 0 Å². The van der Waals surface area contributed by atoms with Gasteiger partial charge in [0.05, 0.1) is 5.69 Å². The Morgan fingerprint density at radius 2 is 0.926 bits per heavy atom. The Labute approximate surface area is 321 Å². The Morgan fingerprint density at radius 3 is 1.54 bits per heavy atom. The number of hydrogen-bond donors (Lipinski definition) is 0. The molecule has 2 nitrogen and oxygen atoms in total. The largest absolute Gasteiger partial charge is 0.311 e. The van der Waals surface area contributed by atoms with Gasteiger partial charge in [-0.25, -0.2) is 0 Å². The Kier molecular flexibility index (Phi) is 9.13. The van der Waals surface area contributed by atoms with E-state index in [0.717, 1.165) is 17.8 Å². The molecule has 0 saturated heterocycles. The number of para-hydroxylation sites is 2. The Hall–Kier alpha value is -5.86. The normalized spacial score (nSPS) is 14.6. The minimum Gasteiger partial charge on any atom is -0.311 e. The van der Waals surface area contributed by atoms with Gasteiger partial charge in [0.25, 0.3) is 0 Å². The van der Waals surface area contributed by atoms with Gasteiger partial charge in [0, 0.05) is 33.9 Å². The van der Waals surface area contributed by atoms with Gasteiger partial charge >= 0.3 is 0 Å². The fourth-order valence-corrected chi connectivity index (χ4v) is 9.13. The Balaban J connectivity index is 0.990. The zero-order valence-corrected chi connectivity index (χ0v) is 31.5. The van der Waals surface area contributed by atoms with E-state index in [1.165, 1.54) is 93.8 Å². The maximum absolute atomic E-state index is 2.44. The summed E-state index contributed by atoms with van der Waals surface area (Å²) in [4.78, 5) is 4.81. The van der Waals surface area contributed by atoms with Crippen LogP contribution < -0.4 is 9.80 Å². The van der Waals surface area contributed by atoms with Crippen molar-refractivity contribution in [2.24, 2.45) is 0 Å². The lowest BCUT2D eigenvalue weighted by molar-refractivity contribution is 0.443. The highest BCUT2D eigenvalue weighted by atomic mass is 15.1. The lowest BCUT2D eigenvalue weighted by Gasteiger charge is -2.32. The first kappa shape index (κ1) is 33.9. The molecule has 7 aromatic rings. The summed E-state index contributed by atoms with van der Waals surface area (Å²) in [5, 5.41) is 0. The van der Waals surface area contributed by atoms with Gasteiger partial charge in [-0.1, -0.05) is 142 Å². The predicted molar refractivity (Wildman–Crippen MR) is 228 cm³/mol. The van der Waals surface area contributed by atoms with Gasteiger partial charge in [-0.05, 0) is 131 Å². The third-order valence-corrected chi connectivity index (χ3v) is 11.9. The molecule has 9 rings (SSSR count). The molecule has 0 aromatic heterocycles. The van der Waals surface area contributed by atoms with Crippen LogP contribution in [0, 0.1) is 0 Å². The highest BCUT2D eigenvalue weighted by molar-refractivity contribution is 5.90. The minimum atomic E-state index is -0.115. The van der Waals surface area contributed by atoms with Gasteiger partial charge in [0.1, 0.15) is 0 Å². The van der Waals surface area contributed by atoms with E-state index in [2.05, 4.69) is 200 Å². The van der Waals surface area contributed by atoms with Crippen molar-refractivity contribution in [1.29, 1.82) is 0 Å². The van der Waals surface area contributed by atoms with E-state index in [4.69, 9.17) is 0 Å². The molecule has 0 amide bonds. The summed E-state index contributed by atoms with van der Waals surface area (Å²) < 4.78 is 0. The van der Waals surface area contributed by atoms with Crippen LogP contribution in [-0.2, 0) is 11.8 Å². The highest BCUT2D eigenvalue weighted by Gasteiger charge is 2.38. The summed E-state index contributed by atoms with van der Waals surface area (Å²) in [6.07, 6.45) is 7.60. The lowest BCUT2D eigenvalue weighted by atomic mass is 9.81. The SMILES string of the molecule is CC1(C)c2ccccc2-c2cccc(N(c3ccccc3)c3ccc(Cc4ccc(N(c5ccccc5)c5ccc(C6CCCCC6)cc5)cc4)cc3)c21. The average Bonchev–Trinajstić information content (AvgIpc) is 3.47. The van der Waals surface area contributed by atoms with Gasteiger partial charge in [-0.3, -0.25) is 0 Å². The van der Waals surface area contributed by atoms with Gasteiger partial charge in [-0.15, -0.1) is 0 Å². The molecule has 0 radical (unpaired) electrons. The summed E-state index contributed by atoms with van der Waals surface area (Å²) >= 11 is 0. The maximum Gasteiger partial charge on any atom is 0.0508 e. The van der Waals surface area contributed by atoms with Crippen molar-refractivity contribution in [3.05, 3.63) is 204 Å². The van der Waals surface area contributed by atoms with E-state index in [1.54, 1.807) is 0 Å². The molecule has 2 aliphatic rings. The molecule has 7 aromatic carbocycles. The average molecular weight is 701 g/mol. The molecule has 0 N–H and O–H groups in total. The second-order valence-corrected chi connectivity index (χ2v) is 15.6. The number of nitrogens with zero attached hydrogens (tertiary/aromatic N) is 2. The smallest absolute Gasteiger partial charge is 0.0508 e. The molecule has 2 heteroatoms. The zero-order chi connectivity index (χ0) is 36.5. The quantitative estimate of drug-likeness (QED) is 0.148. The van der Waals surface area contributed by atoms with Crippen molar-refractivity contribution < 1.29 is 0 Å². The monoisotopic (exact) mass is 700 g/mol. The van der Waals surface area contributed by atoms with E-state index in [-0.39, 0.29) is 5.41 Å². The van der Waals surface area contributed by atoms with E-state index >= 15 is 0 Å². The van der Waals surface area contributed by atoms with Crippen LogP contribution in [-0.4, -0.2) is 0 Å². The number of fused-ring (bicyclic) bond motifs is 3. The van der Waals surface area contributed by atoms with Crippen molar-refractivity contribution in [2.45, 2.75) is 63.7 Å². The van der Waals surface area contributed by atoms with Gasteiger partial charge in [-0.2, -0.15) is 0 Å². The molecule has 0 unspecified atom stereocenters. The Bertz CT molecular complexity index is 2330. The summed E-state index contributed by atoms with van der Waals surface area (Å²) in [6, 6.07) is 64.9. The molecule has 0 bridgehead atoms. The predicted octanol–water partition coefficient (Wildman–Crippen LogP) is 14.6. The van der Waals surface area contributed by atoms with Crippen molar-refractivity contribution in [3.63, 3.8) is 0 Å². The molecule has 54 heavy (non-hydrogen) atoms. The van der Waals surface area contributed by atoms with Crippen molar-refractivity contribution in [1.82, 2.24) is 0 Å². The molecule has 266 valence electrons. The van der Waals surface area contributed by atoms with Gasteiger partial charge < -0.3 is 9.80 Å². The second-order valence-electron chi connectivity index (χ2n) is 15.6. The van der Waals surface area contributed by atoms with Gasteiger partial charge in [0.15, 0.2) is 0 Å². The number of benzene rings is 7. The van der Waals surface area contributed by atoms with Crippen molar-refractivity contribution >= 4 is 34.1 Å². The second kappa shape index (κ2) is 14.5. The van der Waals surface area contributed by atoms with Crippen LogP contribution in [0.1, 0.15) is 79.7 Å². The summed E-state index contributed by atoms with van der Waals surface area (Å²) in [5.41, 5.74) is 16.5. The first-order valence-corrected chi connectivity index (χ1v) is 19.8. The maximum atomic E-state index is 2.44. The van der Waals surface area contributed by atoms with Crippen LogP contribution in [0.15, 0.2) is 176 Å². The van der Waals surface area contributed by atoms with Crippen LogP contribution in [0.4, 0.5) is 34.1 Å². The first-order valence-electron chi connectivity index (χ1n) is 19.8. The standard InChI is InChI=1S/C52H48N2/c1-52(2)49-23-13-12-21-47(49)48-22-14-24-50(51(48)52)54(43-19-10-5-11-20-43)46-33-27-39(28-34-46)37-38-25-31-44(32-26-38)53(42-17-8-4-9-18-42)45-35-29-41(30-36-45)40-15-6-3-7-16-40/h4-5,8-14,17-36,40H,3,6-7,15-16,37H2,1-2H3. The molecule has 1 saturated carbocycles. The van der Waals surface area contributed by atoms with E-state index in [0.29, 0.717) is 5.92 Å². The summed E-state index contributed by atoms with van der Waals surface area (Å²) in [7, 11) is 0. The minimum absolute atomic E-state index is 0.115. The molecule has 1 fully saturated rings. The molecule has 0 atom stereocenters. The van der Waals surface area contributed by atoms with Crippen molar-refractivity contribution in [2.75, 3.05) is 9.80 Å². The fourth-order valence-electron chi connectivity index (χ4n) is 9.13. The number of rotatable bonds is 9. The van der Waals surface area contributed by atoms with E-state index in [9.17, 15) is 0 Å². The summed E-state index contributed by atoms with van der Waals surface area (Å²) in [5.74, 6) is 0.705. The number of anilines is 6. The van der Waals surface area contributed by atoms with Crippen LogP contribution in [0.2, 0.25) is 0 Å². The molecule has 0 spiro atoms. The van der Waals surface area contributed by atoms with Crippen LogP contribution in [0.3, 0.4) is 0 Å². The Morgan fingerprint density at radius 1 is 0.444 bits per heavy atom. The third-order valence-electron chi connectivity index (χ3n) is 11.9. The fraction of sp³-hybridized carbons (Fsp3) is 0.192. The van der Waals surface area contributed by atoms with E-state index < -0.39 is 0 Å². The number of hydrogen-bond acceptors (Lipinski definition) is 2. The lowest BCUT2D eigenvalue weighted by Crippen LogP contribution is -2.20. The summed E-state index contributed by atoms with van der Waals surface area (Å²) in [6.45, 7) is 4.73. The first-order chi connectivity index (χ1) is 26.5. The molecular weight excluding hydrogens is 653 g/mol. The third kappa shape index (κ3) is 6.41. The zero-order valence-electron chi connectivity index (χ0n) is 31.5. The van der Waals surface area contributed by atoms with E-state index in [1.807, 2.05) is 0 Å². The highest BCUT2D eigenvalue weighted by Crippen LogP contribution is 2.54. The molecular formula is C52H48N2. The molecule has 0 aliphatic heterocycles. The van der Waals surface area contributed by atoms with Gasteiger partial charge in [0.2, 0.25) is 0 Å². The molecule has 0 heterocycles. The topological polar surface area (TPSA) is 6.48 Å².